The molecular formula is C13H19ClN2O. The summed E-state index contributed by atoms with van der Waals surface area (Å²) in [6, 6.07) is 3.64. The molecule has 0 atom stereocenters. The summed E-state index contributed by atoms with van der Waals surface area (Å²) < 4.78 is 0. The zero-order chi connectivity index (χ0) is 12.1. The fourth-order valence-corrected chi connectivity index (χ4v) is 2.67. The number of nitrogens with one attached hydrogen (secondary N) is 1. The van der Waals surface area contributed by atoms with Crippen LogP contribution in [0.4, 0.5) is 5.82 Å². The molecule has 4 heteroatoms. The largest absolute Gasteiger partial charge is 0.396 e. The Morgan fingerprint density at radius 3 is 2.76 bits per heavy atom. The molecule has 1 aliphatic carbocycles. The zero-order valence-electron chi connectivity index (χ0n) is 9.95. The Labute approximate surface area is 107 Å². The Kier molecular flexibility index (Phi) is 4.24. The minimum absolute atomic E-state index is 0.0130. The Balaban J connectivity index is 1.98. The van der Waals surface area contributed by atoms with Crippen molar-refractivity contribution >= 4 is 17.4 Å². The maximum absolute atomic E-state index is 9.60. The first-order chi connectivity index (χ1) is 8.26. The smallest absolute Gasteiger partial charge is 0.144 e. The van der Waals surface area contributed by atoms with E-state index < -0.39 is 0 Å². The lowest BCUT2D eigenvalue weighted by atomic mass is 9.74. The summed E-state index contributed by atoms with van der Waals surface area (Å²) >= 11 is 6.04. The third-order valence-electron chi connectivity index (χ3n) is 3.64. The summed E-state index contributed by atoms with van der Waals surface area (Å²) in [5, 5.41) is 13.5. The highest BCUT2D eigenvalue weighted by molar-refractivity contribution is 6.32. The van der Waals surface area contributed by atoms with Gasteiger partial charge in [-0.1, -0.05) is 30.9 Å². The first-order valence-electron chi connectivity index (χ1n) is 6.21. The van der Waals surface area contributed by atoms with E-state index in [1.165, 1.54) is 19.3 Å². The molecule has 17 heavy (non-hydrogen) atoms. The number of aliphatic hydroxyl groups excluding tert-OH is 1. The molecule has 1 aromatic rings. The van der Waals surface area contributed by atoms with E-state index in [1.807, 2.05) is 12.1 Å². The summed E-state index contributed by atoms with van der Waals surface area (Å²) in [7, 11) is 0. The summed E-state index contributed by atoms with van der Waals surface area (Å²) in [4.78, 5) is 4.20. The second kappa shape index (κ2) is 5.69. The van der Waals surface area contributed by atoms with Gasteiger partial charge in [0, 0.05) is 18.2 Å². The van der Waals surface area contributed by atoms with Gasteiger partial charge in [0.05, 0.1) is 11.6 Å². The third-order valence-corrected chi connectivity index (χ3v) is 3.94. The van der Waals surface area contributed by atoms with E-state index in [0.717, 1.165) is 19.4 Å². The van der Waals surface area contributed by atoms with Crippen LogP contribution in [0.2, 0.25) is 5.02 Å². The molecule has 0 radical (unpaired) electrons. The maximum atomic E-state index is 9.60. The van der Waals surface area contributed by atoms with Crippen LogP contribution in [0.5, 0.6) is 0 Å². The van der Waals surface area contributed by atoms with E-state index in [1.54, 1.807) is 6.20 Å². The minimum Gasteiger partial charge on any atom is -0.396 e. The van der Waals surface area contributed by atoms with Gasteiger partial charge in [0.25, 0.3) is 0 Å². The normalized spacial score (nSPS) is 18.9. The molecule has 0 spiro atoms. The summed E-state index contributed by atoms with van der Waals surface area (Å²) in [5.41, 5.74) is 0.0130. The van der Waals surface area contributed by atoms with Crippen LogP contribution in [-0.4, -0.2) is 23.2 Å². The molecule has 1 aliphatic rings. The lowest BCUT2D eigenvalue weighted by Crippen LogP contribution is -2.35. The van der Waals surface area contributed by atoms with Crippen LogP contribution in [-0.2, 0) is 0 Å². The van der Waals surface area contributed by atoms with Crippen molar-refractivity contribution in [2.24, 2.45) is 5.41 Å². The van der Waals surface area contributed by atoms with Crippen LogP contribution in [0.15, 0.2) is 18.3 Å². The molecule has 94 valence electrons. The molecule has 0 unspecified atom stereocenters. The van der Waals surface area contributed by atoms with Crippen molar-refractivity contribution in [1.82, 2.24) is 4.98 Å². The molecule has 1 saturated carbocycles. The number of aliphatic hydroxyl groups is 1. The van der Waals surface area contributed by atoms with Crippen molar-refractivity contribution in [1.29, 1.82) is 0 Å². The molecule has 3 nitrogen and oxygen atoms in total. The molecule has 1 aromatic heterocycles. The number of halogens is 1. The number of nitrogens with zero attached hydrogens (tertiary/aromatic N) is 1. The predicted molar refractivity (Wildman–Crippen MR) is 70.3 cm³/mol. The highest BCUT2D eigenvalue weighted by atomic mass is 35.5. The lowest BCUT2D eigenvalue weighted by Gasteiger charge is -2.35. The molecule has 0 aromatic carbocycles. The highest BCUT2D eigenvalue weighted by Gasteiger charge is 2.31. The maximum Gasteiger partial charge on any atom is 0.144 e. The van der Waals surface area contributed by atoms with Gasteiger partial charge in [0.2, 0.25) is 0 Å². The van der Waals surface area contributed by atoms with Gasteiger partial charge in [-0.2, -0.15) is 0 Å². The van der Waals surface area contributed by atoms with E-state index in [9.17, 15) is 5.11 Å². The van der Waals surface area contributed by atoms with Crippen molar-refractivity contribution in [2.75, 3.05) is 18.5 Å². The molecule has 1 heterocycles. The Hall–Kier alpha value is -0.800. The number of rotatable bonds is 4. The Morgan fingerprint density at radius 2 is 2.12 bits per heavy atom. The standard InChI is InChI=1S/C13H19ClN2O/c14-11-5-4-8-15-12(11)16-9-13(10-17)6-2-1-3-7-13/h4-5,8,17H,1-3,6-7,9-10H2,(H,15,16). The van der Waals surface area contributed by atoms with Crippen molar-refractivity contribution in [3.8, 4) is 0 Å². The second-order valence-corrected chi connectivity index (χ2v) is 5.31. The molecule has 1 fully saturated rings. The van der Waals surface area contributed by atoms with E-state index in [2.05, 4.69) is 10.3 Å². The van der Waals surface area contributed by atoms with Crippen molar-refractivity contribution in [3.05, 3.63) is 23.4 Å². The molecular weight excluding hydrogens is 236 g/mol. The molecule has 2 N–H and O–H groups in total. The van der Waals surface area contributed by atoms with Gasteiger partial charge in [-0.15, -0.1) is 0 Å². The summed E-state index contributed by atoms with van der Waals surface area (Å²) in [6.07, 6.45) is 7.59. The van der Waals surface area contributed by atoms with Crippen LogP contribution in [0.25, 0.3) is 0 Å². The van der Waals surface area contributed by atoms with Gasteiger partial charge in [-0.3, -0.25) is 0 Å². The van der Waals surface area contributed by atoms with Crippen molar-refractivity contribution in [2.45, 2.75) is 32.1 Å². The van der Waals surface area contributed by atoms with Crippen LogP contribution >= 0.6 is 11.6 Å². The fraction of sp³-hybridized carbons (Fsp3) is 0.615. The molecule has 0 saturated heterocycles. The number of aromatic nitrogens is 1. The highest BCUT2D eigenvalue weighted by Crippen LogP contribution is 2.36. The molecule has 2 rings (SSSR count). The fourth-order valence-electron chi connectivity index (χ4n) is 2.48. The van der Waals surface area contributed by atoms with Crippen LogP contribution in [0.1, 0.15) is 32.1 Å². The van der Waals surface area contributed by atoms with Crippen molar-refractivity contribution in [3.63, 3.8) is 0 Å². The molecule has 0 aliphatic heterocycles. The predicted octanol–water partition coefficient (Wildman–Crippen LogP) is 3.09. The lowest BCUT2D eigenvalue weighted by molar-refractivity contribution is 0.0943. The number of anilines is 1. The number of pyridine rings is 1. The van der Waals surface area contributed by atoms with E-state index in [-0.39, 0.29) is 12.0 Å². The first kappa shape index (κ1) is 12.7. The van der Waals surface area contributed by atoms with Crippen LogP contribution in [0.3, 0.4) is 0 Å². The number of hydrogen-bond donors (Lipinski definition) is 2. The Bertz CT molecular complexity index is 364. The van der Waals surface area contributed by atoms with Crippen LogP contribution in [0, 0.1) is 5.41 Å². The second-order valence-electron chi connectivity index (χ2n) is 4.91. The summed E-state index contributed by atoms with van der Waals surface area (Å²) in [6.45, 7) is 0.991. The SMILES string of the molecule is OCC1(CNc2ncccc2Cl)CCCCC1. The molecule has 0 amide bonds. The van der Waals surface area contributed by atoms with E-state index >= 15 is 0 Å². The first-order valence-corrected chi connectivity index (χ1v) is 6.59. The monoisotopic (exact) mass is 254 g/mol. The quantitative estimate of drug-likeness (QED) is 0.868. The van der Waals surface area contributed by atoms with E-state index in [0.29, 0.717) is 10.8 Å². The summed E-state index contributed by atoms with van der Waals surface area (Å²) in [5.74, 6) is 0.715. The van der Waals surface area contributed by atoms with Gasteiger partial charge in [-0.05, 0) is 25.0 Å². The average molecular weight is 255 g/mol. The van der Waals surface area contributed by atoms with Gasteiger partial charge in [0.1, 0.15) is 5.82 Å². The third kappa shape index (κ3) is 3.11. The minimum atomic E-state index is 0.0130. The topological polar surface area (TPSA) is 45.1 Å². The average Bonchev–Trinajstić information content (AvgIpc) is 2.39. The molecule has 0 bridgehead atoms. The van der Waals surface area contributed by atoms with Gasteiger partial charge >= 0.3 is 0 Å². The van der Waals surface area contributed by atoms with Gasteiger partial charge in [-0.25, -0.2) is 4.98 Å². The van der Waals surface area contributed by atoms with Crippen molar-refractivity contribution < 1.29 is 5.11 Å². The van der Waals surface area contributed by atoms with Gasteiger partial charge < -0.3 is 10.4 Å². The van der Waals surface area contributed by atoms with Crippen LogP contribution < -0.4 is 5.32 Å². The van der Waals surface area contributed by atoms with Gasteiger partial charge in [0.15, 0.2) is 0 Å². The Morgan fingerprint density at radius 1 is 1.35 bits per heavy atom. The number of hydrogen-bond acceptors (Lipinski definition) is 3. The zero-order valence-corrected chi connectivity index (χ0v) is 10.7. The van der Waals surface area contributed by atoms with E-state index in [4.69, 9.17) is 11.6 Å².